The second-order valence-electron chi connectivity index (χ2n) is 5.12. The highest BCUT2D eigenvalue weighted by Gasteiger charge is 2.17. The number of hydrogen-bond donors (Lipinski definition) is 1. The fourth-order valence-corrected chi connectivity index (χ4v) is 3.60. The van der Waals surface area contributed by atoms with Crippen LogP contribution in [0.4, 0.5) is 5.13 Å². The SMILES string of the molecule is COc1ccc(C(=O)Nc2nc3c(s2)CCCC3)cc1OC.Cl. The van der Waals surface area contributed by atoms with Gasteiger partial charge in [0.2, 0.25) is 0 Å². The van der Waals surface area contributed by atoms with E-state index in [4.69, 9.17) is 9.47 Å². The molecule has 0 saturated carbocycles. The van der Waals surface area contributed by atoms with Gasteiger partial charge in [0.1, 0.15) is 0 Å². The van der Waals surface area contributed by atoms with E-state index in [1.54, 1.807) is 43.8 Å². The lowest BCUT2D eigenvalue weighted by Crippen LogP contribution is -2.12. The van der Waals surface area contributed by atoms with Gasteiger partial charge in [0.05, 0.1) is 19.9 Å². The molecule has 0 spiro atoms. The van der Waals surface area contributed by atoms with E-state index in [0.717, 1.165) is 18.5 Å². The van der Waals surface area contributed by atoms with Gasteiger partial charge in [-0.2, -0.15) is 0 Å². The fourth-order valence-electron chi connectivity index (χ4n) is 2.55. The van der Waals surface area contributed by atoms with Crippen molar-refractivity contribution < 1.29 is 14.3 Å². The van der Waals surface area contributed by atoms with Gasteiger partial charge in [-0.15, -0.1) is 23.7 Å². The van der Waals surface area contributed by atoms with Crippen LogP contribution in [-0.4, -0.2) is 25.1 Å². The highest BCUT2D eigenvalue weighted by Crippen LogP contribution is 2.31. The van der Waals surface area contributed by atoms with Crippen LogP contribution in [0.3, 0.4) is 0 Å². The van der Waals surface area contributed by atoms with Crippen LogP contribution in [0.1, 0.15) is 33.8 Å². The standard InChI is InChI=1S/C16H18N2O3S.ClH/c1-20-12-8-7-10(9-13(12)21-2)15(19)18-16-17-11-5-3-4-6-14(11)22-16;/h7-9H,3-6H2,1-2H3,(H,17,18,19);1H. The van der Waals surface area contributed by atoms with E-state index in [1.807, 2.05) is 0 Å². The summed E-state index contributed by atoms with van der Waals surface area (Å²) in [5.41, 5.74) is 1.66. The van der Waals surface area contributed by atoms with Gasteiger partial charge in [0.25, 0.3) is 5.91 Å². The Morgan fingerprint density at radius 1 is 1.17 bits per heavy atom. The summed E-state index contributed by atoms with van der Waals surface area (Å²) >= 11 is 1.58. The van der Waals surface area contributed by atoms with E-state index in [9.17, 15) is 4.79 Å². The zero-order valence-electron chi connectivity index (χ0n) is 13.0. The highest BCUT2D eigenvalue weighted by molar-refractivity contribution is 7.15. The molecule has 5 nitrogen and oxygen atoms in total. The number of anilines is 1. The maximum absolute atomic E-state index is 12.4. The molecular weight excluding hydrogens is 336 g/mol. The van der Waals surface area contributed by atoms with Crippen molar-refractivity contribution >= 4 is 34.8 Å². The first-order valence-corrected chi connectivity index (χ1v) is 8.05. The summed E-state index contributed by atoms with van der Waals surface area (Å²) in [6, 6.07) is 5.10. The van der Waals surface area contributed by atoms with Gasteiger partial charge in [0.15, 0.2) is 16.6 Å². The first-order chi connectivity index (χ1) is 10.7. The largest absolute Gasteiger partial charge is 0.493 e. The van der Waals surface area contributed by atoms with E-state index in [2.05, 4.69) is 10.3 Å². The Labute approximate surface area is 145 Å². The van der Waals surface area contributed by atoms with Crippen LogP contribution < -0.4 is 14.8 Å². The van der Waals surface area contributed by atoms with Gasteiger partial charge in [-0.25, -0.2) is 4.98 Å². The molecule has 0 radical (unpaired) electrons. The molecule has 1 aromatic heterocycles. The number of amides is 1. The minimum absolute atomic E-state index is 0. The molecule has 1 amide bonds. The number of hydrogen-bond acceptors (Lipinski definition) is 5. The van der Waals surface area contributed by atoms with Crippen molar-refractivity contribution in [2.75, 3.05) is 19.5 Å². The normalized spacial score (nSPS) is 12.8. The summed E-state index contributed by atoms with van der Waals surface area (Å²) in [5, 5.41) is 3.55. The van der Waals surface area contributed by atoms with E-state index in [0.29, 0.717) is 22.2 Å². The van der Waals surface area contributed by atoms with Gasteiger partial charge in [-0.1, -0.05) is 0 Å². The molecule has 23 heavy (non-hydrogen) atoms. The molecule has 3 rings (SSSR count). The van der Waals surface area contributed by atoms with Crippen molar-refractivity contribution in [1.29, 1.82) is 0 Å². The maximum Gasteiger partial charge on any atom is 0.257 e. The quantitative estimate of drug-likeness (QED) is 0.909. The summed E-state index contributed by atoms with van der Waals surface area (Å²) in [5.74, 6) is 0.949. The number of thiazole rings is 1. The number of nitrogens with zero attached hydrogens (tertiary/aromatic N) is 1. The molecule has 1 heterocycles. The van der Waals surface area contributed by atoms with Crippen LogP contribution in [0.5, 0.6) is 11.5 Å². The van der Waals surface area contributed by atoms with Crippen LogP contribution in [0.15, 0.2) is 18.2 Å². The number of aryl methyl sites for hydroxylation is 2. The molecule has 2 aromatic rings. The summed E-state index contributed by atoms with van der Waals surface area (Å²) < 4.78 is 10.4. The minimum atomic E-state index is -0.188. The van der Waals surface area contributed by atoms with Crippen molar-refractivity contribution in [2.24, 2.45) is 0 Å². The van der Waals surface area contributed by atoms with Gasteiger partial charge < -0.3 is 9.47 Å². The smallest absolute Gasteiger partial charge is 0.257 e. The van der Waals surface area contributed by atoms with Crippen molar-refractivity contribution in [1.82, 2.24) is 4.98 Å². The third-order valence-electron chi connectivity index (χ3n) is 3.71. The summed E-state index contributed by atoms with van der Waals surface area (Å²) in [6.45, 7) is 0. The number of benzene rings is 1. The summed E-state index contributed by atoms with van der Waals surface area (Å²) in [4.78, 5) is 18.2. The number of halogens is 1. The van der Waals surface area contributed by atoms with Crippen molar-refractivity contribution in [3.63, 3.8) is 0 Å². The van der Waals surface area contributed by atoms with Crippen LogP contribution in [-0.2, 0) is 12.8 Å². The van der Waals surface area contributed by atoms with Gasteiger partial charge in [-0.05, 0) is 43.9 Å². The predicted octanol–water partition coefficient (Wildman–Crippen LogP) is 3.71. The van der Waals surface area contributed by atoms with Crippen molar-refractivity contribution in [3.8, 4) is 11.5 Å². The Morgan fingerprint density at radius 2 is 1.91 bits per heavy atom. The van der Waals surface area contributed by atoms with Gasteiger partial charge in [0, 0.05) is 10.4 Å². The number of carbonyl (C=O) groups excluding carboxylic acids is 1. The number of carbonyl (C=O) groups is 1. The molecule has 0 atom stereocenters. The Morgan fingerprint density at radius 3 is 2.61 bits per heavy atom. The Bertz CT molecular complexity index is 679. The lowest BCUT2D eigenvalue weighted by atomic mass is 10.0. The Kier molecular flexibility index (Phi) is 5.85. The average molecular weight is 355 g/mol. The average Bonchev–Trinajstić information content (AvgIpc) is 2.96. The van der Waals surface area contributed by atoms with E-state index >= 15 is 0 Å². The van der Waals surface area contributed by atoms with Gasteiger partial charge in [-0.3, -0.25) is 10.1 Å². The minimum Gasteiger partial charge on any atom is -0.493 e. The van der Waals surface area contributed by atoms with Crippen LogP contribution >= 0.6 is 23.7 Å². The van der Waals surface area contributed by atoms with E-state index in [1.165, 1.54) is 17.7 Å². The number of fused-ring (bicyclic) bond motifs is 1. The van der Waals surface area contributed by atoms with Crippen LogP contribution in [0, 0.1) is 0 Å². The second kappa shape index (κ2) is 7.66. The molecule has 7 heteroatoms. The monoisotopic (exact) mass is 354 g/mol. The first-order valence-electron chi connectivity index (χ1n) is 7.23. The van der Waals surface area contributed by atoms with Crippen LogP contribution in [0.2, 0.25) is 0 Å². The molecule has 124 valence electrons. The highest BCUT2D eigenvalue weighted by atomic mass is 35.5. The topological polar surface area (TPSA) is 60.5 Å². The lowest BCUT2D eigenvalue weighted by molar-refractivity contribution is 0.102. The molecular formula is C16H19ClN2O3S. The molecule has 0 aliphatic heterocycles. The second-order valence-corrected chi connectivity index (χ2v) is 6.20. The maximum atomic E-state index is 12.4. The number of aromatic nitrogens is 1. The first kappa shape index (κ1) is 17.6. The molecule has 1 aliphatic rings. The Hall–Kier alpha value is -1.79. The number of rotatable bonds is 4. The van der Waals surface area contributed by atoms with Crippen LogP contribution in [0.25, 0.3) is 0 Å². The molecule has 0 fully saturated rings. The fraction of sp³-hybridized carbons (Fsp3) is 0.375. The zero-order chi connectivity index (χ0) is 15.5. The van der Waals surface area contributed by atoms with Crippen molar-refractivity contribution in [3.05, 3.63) is 34.3 Å². The molecule has 1 aromatic carbocycles. The number of ether oxygens (including phenoxy) is 2. The lowest BCUT2D eigenvalue weighted by Gasteiger charge is -2.09. The summed E-state index contributed by atoms with van der Waals surface area (Å²) in [7, 11) is 3.12. The molecule has 1 aliphatic carbocycles. The number of nitrogens with one attached hydrogen (secondary N) is 1. The molecule has 0 unspecified atom stereocenters. The zero-order valence-corrected chi connectivity index (χ0v) is 14.7. The van der Waals surface area contributed by atoms with E-state index < -0.39 is 0 Å². The van der Waals surface area contributed by atoms with Gasteiger partial charge >= 0.3 is 0 Å². The number of methoxy groups -OCH3 is 2. The third-order valence-corrected chi connectivity index (χ3v) is 4.78. The molecule has 0 bridgehead atoms. The van der Waals surface area contributed by atoms with Crippen molar-refractivity contribution in [2.45, 2.75) is 25.7 Å². The molecule has 0 saturated heterocycles. The third kappa shape index (κ3) is 3.76. The summed E-state index contributed by atoms with van der Waals surface area (Å²) in [6.07, 6.45) is 4.47. The molecule has 1 N–H and O–H groups in total. The Balaban J connectivity index is 0.00000192. The van der Waals surface area contributed by atoms with E-state index in [-0.39, 0.29) is 18.3 Å². The predicted molar refractivity (Wildman–Crippen MR) is 93.5 cm³/mol.